The first-order chi connectivity index (χ1) is 13.0. The summed E-state index contributed by atoms with van der Waals surface area (Å²) in [5.74, 6) is -0.822. The summed E-state index contributed by atoms with van der Waals surface area (Å²) >= 11 is 1.36. The molecule has 9 heteroatoms. The van der Waals surface area contributed by atoms with Gasteiger partial charge in [0.2, 0.25) is 5.91 Å². The average molecular weight is 388 g/mol. The summed E-state index contributed by atoms with van der Waals surface area (Å²) in [6.45, 7) is 3.49. The summed E-state index contributed by atoms with van der Waals surface area (Å²) < 4.78 is 18.0. The second kappa shape index (κ2) is 8.09. The third-order valence-corrected chi connectivity index (χ3v) is 4.74. The first-order valence-electron chi connectivity index (χ1n) is 8.22. The van der Waals surface area contributed by atoms with E-state index in [1.165, 1.54) is 23.5 Å². The second-order valence-electron chi connectivity index (χ2n) is 5.74. The minimum absolute atomic E-state index is 0.00122. The molecule has 0 radical (unpaired) electrons. The number of hydrazine groups is 1. The Morgan fingerprint density at radius 2 is 1.96 bits per heavy atom. The van der Waals surface area contributed by atoms with Crippen LogP contribution in [0.4, 0.5) is 4.39 Å². The molecular formula is C18H17FN4O3S. The Morgan fingerprint density at radius 3 is 2.67 bits per heavy atom. The van der Waals surface area contributed by atoms with Crippen molar-refractivity contribution in [1.82, 2.24) is 21.0 Å². The lowest BCUT2D eigenvalue weighted by atomic mass is 10.1. The van der Waals surface area contributed by atoms with Gasteiger partial charge >= 0.3 is 0 Å². The van der Waals surface area contributed by atoms with Crippen molar-refractivity contribution in [3.63, 3.8) is 0 Å². The first kappa shape index (κ1) is 18.7. The average Bonchev–Trinajstić information content (AvgIpc) is 3.26. The van der Waals surface area contributed by atoms with Gasteiger partial charge in [-0.05, 0) is 37.6 Å². The first-order valence-corrected chi connectivity index (χ1v) is 9.10. The highest BCUT2D eigenvalue weighted by Crippen LogP contribution is 2.24. The second-order valence-corrected chi connectivity index (χ2v) is 6.60. The topological polar surface area (TPSA) is 97.1 Å². The number of amides is 2. The van der Waals surface area contributed by atoms with Crippen LogP contribution in [0.15, 0.2) is 34.2 Å². The molecule has 0 aliphatic rings. The van der Waals surface area contributed by atoms with E-state index in [1.54, 1.807) is 24.4 Å². The fourth-order valence-corrected chi connectivity index (χ4v) is 3.29. The summed E-state index contributed by atoms with van der Waals surface area (Å²) in [5, 5.41) is 6.25. The van der Waals surface area contributed by atoms with Crippen molar-refractivity contribution < 1.29 is 18.5 Å². The van der Waals surface area contributed by atoms with Crippen LogP contribution in [0.5, 0.6) is 0 Å². The van der Waals surface area contributed by atoms with Gasteiger partial charge in [0, 0.05) is 10.9 Å². The molecule has 2 aromatic heterocycles. The Balaban J connectivity index is 1.57. The van der Waals surface area contributed by atoms with E-state index in [1.807, 2.05) is 6.92 Å². The number of hydrogen-bond acceptors (Lipinski definition) is 6. The minimum Gasteiger partial charge on any atom is -0.361 e. The molecule has 0 saturated carbocycles. The number of halogens is 1. The van der Waals surface area contributed by atoms with Crippen LogP contribution in [0.25, 0.3) is 10.6 Å². The molecule has 0 atom stereocenters. The number of nitrogens with zero attached hydrogens (tertiary/aromatic N) is 2. The van der Waals surface area contributed by atoms with Crippen LogP contribution in [0.1, 0.15) is 34.4 Å². The van der Waals surface area contributed by atoms with Crippen LogP contribution in [-0.2, 0) is 17.6 Å². The molecule has 0 spiro atoms. The normalized spacial score (nSPS) is 10.6. The number of aromatic nitrogens is 2. The Kier molecular flexibility index (Phi) is 5.60. The largest absolute Gasteiger partial charge is 0.361 e. The molecule has 2 heterocycles. The molecule has 0 fully saturated rings. The molecule has 1 aromatic carbocycles. The summed E-state index contributed by atoms with van der Waals surface area (Å²) in [4.78, 5) is 28.6. The molecule has 0 aliphatic carbocycles. The molecule has 2 N–H and O–H groups in total. The van der Waals surface area contributed by atoms with Crippen molar-refractivity contribution in [2.45, 2.75) is 26.7 Å². The maximum absolute atomic E-state index is 13.0. The van der Waals surface area contributed by atoms with E-state index in [-0.39, 0.29) is 12.2 Å². The molecule has 7 nitrogen and oxygen atoms in total. The highest BCUT2D eigenvalue weighted by molar-refractivity contribution is 7.13. The van der Waals surface area contributed by atoms with Crippen LogP contribution in [0.3, 0.4) is 0 Å². The van der Waals surface area contributed by atoms with Gasteiger partial charge in [-0.3, -0.25) is 20.4 Å². The number of nitrogens with one attached hydrogen (secondary N) is 2. The van der Waals surface area contributed by atoms with Crippen LogP contribution in [0, 0.1) is 12.7 Å². The van der Waals surface area contributed by atoms with Gasteiger partial charge in [0.15, 0.2) is 0 Å². The van der Waals surface area contributed by atoms with Gasteiger partial charge in [0.1, 0.15) is 22.1 Å². The van der Waals surface area contributed by atoms with Crippen molar-refractivity contribution in [3.8, 4) is 10.6 Å². The van der Waals surface area contributed by atoms with Gasteiger partial charge in [-0.2, -0.15) is 0 Å². The van der Waals surface area contributed by atoms with E-state index >= 15 is 0 Å². The lowest BCUT2D eigenvalue weighted by Crippen LogP contribution is -2.42. The van der Waals surface area contributed by atoms with Crippen molar-refractivity contribution in [2.24, 2.45) is 0 Å². The summed E-state index contributed by atoms with van der Waals surface area (Å²) in [5.41, 5.74) is 6.91. The monoisotopic (exact) mass is 388 g/mol. The van der Waals surface area contributed by atoms with E-state index in [0.29, 0.717) is 34.1 Å². The molecule has 3 rings (SSSR count). The van der Waals surface area contributed by atoms with Crippen molar-refractivity contribution >= 4 is 23.2 Å². The number of aryl methyl sites for hydroxylation is 2. The Hall–Kier alpha value is -3.07. The quantitative estimate of drug-likeness (QED) is 0.655. The smallest absolute Gasteiger partial charge is 0.275 e. The molecule has 0 unspecified atom stereocenters. The molecule has 0 bridgehead atoms. The number of rotatable bonds is 5. The fraction of sp³-hybridized carbons (Fsp3) is 0.222. The fourth-order valence-electron chi connectivity index (χ4n) is 2.46. The van der Waals surface area contributed by atoms with Crippen molar-refractivity contribution in [3.05, 3.63) is 58.2 Å². The van der Waals surface area contributed by atoms with Crippen LogP contribution >= 0.6 is 11.3 Å². The number of benzene rings is 1. The highest BCUT2D eigenvalue weighted by atomic mass is 32.1. The molecule has 3 aromatic rings. The SMILES string of the molecule is CCc1noc(C)c1C(=O)NNC(=O)Cc1csc(-c2ccc(F)cc2)n1. The van der Waals surface area contributed by atoms with Gasteiger partial charge in [-0.1, -0.05) is 12.1 Å². The number of carbonyl (C=O) groups excluding carboxylic acids is 2. The predicted octanol–water partition coefficient (Wildman–Crippen LogP) is 2.81. The Bertz CT molecular complexity index is 965. The zero-order chi connectivity index (χ0) is 19.4. The molecule has 0 saturated heterocycles. The van der Waals surface area contributed by atoms with Gasteiger partial charge in [0.25, 0.3) is 5.91 Å². The van der Waals surface area contributed by atoms with Crippen LogP contribution in [-0.4, -0.2) is 22.0 Å². The van der Waals surface area contributed by atoms with E-state index in [4.69, 9.17) is 4.52 Å². The molecule has 0 aliphatic heterocycles. The van der Waals surface area contributed by atoms with Gasteiger partial charge in [-0.25, -0.2) is 9.37 Å². The number of hydrogen-bond donors (Lipinski definition) is 2. The number of thiazole rings is 1. The third kappa shape index (κ3) is 4.37. The molecule has 140 valence electrons. The third-order valence-electron chi connectivity index (χ3n) is 3.80. The lowest BCUT2D eigenvalue weighted by molar-refractivity contribution is -0.121. The zero-order valence-electron chi connectivity index (χ0n) is 14.7. The van der Waals surface area contributed by atoms with Crippen molar-refractivity contribution in [2.75, 3.05) is 0 Å². The maximum atomic E-state index is 13.0. The summed E-state index contributed by atoms with van der Waals surface area (Å²) in [6.07, 6.45) is 0.542. The van der Waals surface area contributed by atoms with Crippen LogP contribution in [0.2, 0.25) is 0 Å². The lowest BCUT2D eigenvalue weighted by Gasteiger charge is -2.06. The van der Waals surface area contributed by atoms with E-state index < -0.39 is 11.8 Å². The minimum atomic E-state index is -0.482. The Labute approximate surface area is 158 Å². The molecular weight excluding hydrogens is 371 g/mol. The highest BCUT2D eigenvalue weighted by Gasteiger charge is 2.19. The van der Waals surface area contributed by atoms with E-state index in [0.717, 1.165) is 5.56 Å². The maximum Gasteiger partial charge on any atom is 0.275 e. The molecule has 2 amide bonds. The summed E-state index contributed by atoms with van der Waals surface area (Å²) in [7, 11) is 0. The van der Waals surface area contributed by atoms with Gasteiger partial charge < -0.3 is 4.52 Å². The molecule has 27 heavy (non-hydrogen) atoms. The Morgan fingerprint density at radius 1 is 1.22 bits per heavy atom. The van der Waals surface area contributed by atoms with Crippen LogP contribution < -0.4 is 10.9 Å². The van der Waals surface area contributed by atoms with Gasteiger partial charge in [0.05, 0.1) is 17.8 Å². The van der Waals surface area contributed by atoms with E-state index in [2.05, 4.69) is 21.0 Å². The standard InChI is InChI=1S/C18H17FN4O3S/c1-3-14-16(10(2)26-23-14)17(25)22-21-15(24)8-13-9-27-18(20-13)11-4-6-12(19)7-5-11/h4-7,9H,3,8H2,1-2H3,(H,21,24)(H,22,25). The van der Waals surface area contributed by atoms with Crippen molar-refractivity contribution in [1.29, 1.82) is 0 Å². The van der Waals surface area contributed by atoms with E-state index in [9.17, 15) is 14.0 Å². The van der Waals surface area contributed by atoms with Gasteiger partial charge in [-0.15, -0.1) is 11.3 Å². The summed E-state index contributed by atoms with van der Waals surface area (Å²) in [6, 6.07) is 5.97. The predicted molar refractivity (Wildman–Crippen MR) is 97.4 cm³/mol. The number of carbonyl (C=O) groups is 2. The zero-order valence-corrected chi connectivity index (χ0v) is 15.5.